The number of carbonyl (C=O) groups is 2. The number of hydrogen-bond acceptors (Lipinski definition) is 3. The second-order valence-corrected chi connectivity index (χ2v) is 7.28. The summed E-state index contributed by atoms with van der Waals surface area (Å²) in [5.74, 6) is -1.59. The molecule has 0 unspecified atom stereocenters. The highest BCUT2D eigenvalue weighted by Gasteiger charge is 2.17. The van der Waals surface area contributed by atoms with Crippen molar-refractivity contribution >= 4 is 40.8 Å². The molecule has 0 radical (unpaired) electrons. The molecule has 0 saturated carbocycles. The Labute approximate surface area is 177 Å². The van der Waals surface area contributed by atoms with E-state index in [1.165, 1.54) is 12.1 Å². The number of carbonyl (C=O) groups excluding carboxylic acids is 1. The van der Waals surface area contributed by atoms with E-state index >= 15 is 0 Å². The summed E-state index contributed by atoms with van der Waals surface area (Å²) in [6.07, 6.45) is 0. The van der Waals surface area contributed by atoms with Crippen LogP contribution in [0.3, 0.4) is 0 Å². The number of aliphatic hydroxyl groups excluding tert-OH is 1. The molecule has 0 aliphatic carbocycles. The van der Waals surface area contributed by atoms with E-state index in [-0.39, 0.29) is 27.9 Å². The van der Waals surface area contributed by atoms with Gasteiger partial charge in [-0.15, -0.1) is 0 Å². The standard InChI is InChI=1S/C22H17Cl2NO4/c1-12-5-6-15(14-4-2-3-13(7-14)11-26)8-17(12)21(27)25-20-18(23)9-16(22(28)29)10-19(20)24/h2-10,26H,11H2,1H3,(H,25,27)(H,28,29). The van der Waals surface area contributed by atoms with Crippen LogP contribution in [0.1, 0.15) is 31.8 Å². The fourth-order valence-electron chi connectivity index (χ4n) is 2.89. The molecule has 0 saturated heterocycles. The Hall–Kier alpha value is -2.86. The molecule has 0 aromatic heterocycles. The molecule has 0 spiro atoms. The van der Waals surface area contributed by atoms with Gasteiger partial charge in [-0.25, -0.2) is 4.79 Å². The number of aryl methyl sites for hydroxylation is 1. The van der Waals surface area contributed by atoms with Crippen molar-refractivity contribution in [1.82, 2.24) is 0 Å². The van der Waals surface area contributed by atoms with Crippen molar-refractivity contribution in [1.29, 1.82) is 0 Å². The Kier molecular flexibility index (Phi) is 6.23. The maximum atomic E-state index is 12.9. The number of halogens is 2. The van der Waals surface area contributed by atoms with Crippen LogP contribution in [0.4, 0.5) is 5.69 Å². The van der Waals surface area contributed by atoms with Crippen LogP contribution in [-0.2, 0) is 6.61 Å². The van der Waals surface area contributed by atoms with Gasteiger partial charge in [-0.1, -0.05) is 53.5 Å². The second kappa shape index (κ2) is 8.66. The fraction of sp³-hybridized carbons (Fsp3) is 0.0909. The largest absolute Gasteiger partial charge is 0.478 e. The maximum absolute atomic E-state index is 12.9. The molecule has 0 atom stereocenters. The molecule has 148 valence electrons. The monoisotopic (exact) mass is 429 g/mol. The third-order valence-electron chi connectivity index (χ3n) is 4.45. The molecule has 0 heterocycles. The van der Waals surface area contributed by atoms with Gasteiger partial charge < -0.3 is 15.5 Å². The smallest absolute Gasteiger partial charge is 0.335 e. The Balaban J connectivity index is 1.95. The van der Waals surface area contributed by atoms with Crippen LogP contribution in [0.5, 0.6) is 0 Å². The lowest BCUT2D eigenvalue weighted by Crippen LogP contribution is -2.14. The molecular weight excluding hydrogens is 413 g/mol. The molecule has 3 N–H and O–H groups in total. The zero-order valence-corrected chi connectivity index (χ0v) is 16.9. The van der Waals surface area contributed by atoms with Gasteiger partial charge in [0.25, 0.3) is 5.91 Å². The number of anilines is 1. The van der Waals surface area contributed by atoms with E-state index in [0.717, 1.165) is 22.3 Å². The highest BCUT2D eigenvalue weighted by Crippen LogP contribution is 2.33. The summed E-state index contributed by atoms with van der Waals surface area (Å²) in [5.41, 5.74) is 3.70. The predicted molar refractivity (Wildman–Crippen MR) is 114 cm³/mol. The molecule has 7 heteroatoms. The van der Waals surface area contributed by atoms with Gasteiger partial charge in [0.05, 0.1) is 27.9 Å². The van der Waals surface area contributed by atoms with Crippen molar-refractivity contribution in [2.45, 2.75) is 13.5 Å². The molecule has 5 nitrogen and oxygen atoms in total. The summed E-state index contributed by atoms with van der Waals surface area (Å²) in [6, 6.07) is 15.3. The van der Waals surface area contributed by atoms with E-state index in [2.05, 4.69) is 5.32 Å². The first kappa shape index (κ1) is 20.9. The molecule has 3 aromatic rings. The van der Waals surface area contributed by atoms with Gasteiger partial charge in [0.15, 0.2) is 0 Å². The first-order valence-electron chi connectivity index (χ1n) is 8.64. The van der Waals surface area contributed by atoms with Crippen LogP contribution in [0.25, 0.3) is 11.1 Å². The number of aromatic carboxylic acids is 1. The summed E-state index contributed by atoms with van der Waals surface area (Å²) in [6.45, 7) is 1.73. The molecule has 0 aliphatic rings. The Morgan fingerprint density at radius 1 is 0.966 bits per heavy atom. The van der Waals surface area contributed by atoms with Gasteiger partial charge >= 0.3 is 5.97 Å². The SMILES string of the molecule is Cc1ccc(-c2cccc(CO)c2)cc1C(=O)Nc1c(Cl)cc(C(=O)O)cc1Cl. The lowest BCUT2D eigenvalue weighted by molar-refractivity contribution is 0.0696. The van der Waals surface area contributed by atoms with Gasteiger partial charge in [-0.2, -0.15) is 0 Å². The number of carboxylic acid groups (broad SMARTS) is 1. The maximum Gasteiger partial charge on any atom is 0.335 e. The van der Waals surface area contributed by atoms with Gasteiger partial charge in [-0.3, -0.25) is 4.79 Å². The normalized spacial score (nSPS) is 10.6. The minimum absolute atomic E-state index is 0.0349. The van der Waals surface area contributed by atoms with Crippen LogP contribution >= 0.6 is 23.2 Å². The predicted octanol–water partition coefficient (Wildman–Crippen LogP) is 5.41. The molecule has 0 fully saturated rings. The summed E-state index contributed by atoms with van der Waals surface area (Å²) in [4.78, 5) is 24.0. The number of nitrogens with one attached hydrogen (secondary N) is 1. The molecule has 3 rings (SSSR count). The minimum Gasteiger partial charge on any atom is -0.478 e. The van der Waals surface area contributed by atoms with E-state index in [0.29, 0.717) is 5.56 Å². The topological polar surface area (TPSA) is 86.6 Å². The number of benzene rings is 3. The molecule has 1 amide bonds. The van der Waals surface area contributed by atoms with Crippen LogP contribution in [0, 0.1) is 6.92 Å². The molecule has 0 bridgehead atoms. The van der Waals surface area contributed by atoms with Gasteiger partial charge in [-0.05, 0) is 53.4 Å². The minimum atomic E-state index is -1.17. The van der Waals surface area contributed by atoms with Gasteiger partial charge in [0.2, 0.25) is 0 Å². The van der Waals surface area contributed by atoms with E-state index in [1.807, 2.05) is 36.4 Å². The average molecular weight is 430 g/mol. The lowest BCUT2D eigenvalue weighted by atomic mass is 9.98. The van der Waals surface area contributed by atoms with Crippen molar-refractivity contribution in [3.05, 3.63) is 86.9 Å². The van der Waals surface area contributed by atoms with Gasteiger partial charge in [0.1, 0.15) is 0 Å². The molecule has 0 aliphatic heterocycles. The van der Waals surface area contributed by atoms with E-state index in [9.17, 15) is 14.7 Å². The van der Waals surface area contributed by atoms with Gasteiger partial charge in [0, 0.05) is 5.56 Å². The third-order valence-corrected chi connectivity index (χ3v) is 5.05. The highest BCUT2D eigenvalue weighted by atomic mass is 35.5. The summed E-state index contributed by atoms with van der Waals surface area (Å²) >= 11 is 12.2. The van der Waals surface area contributed by atoms with Crippen molar-refractivity contribution in [3.63, 3.8) is 0 Å². The Morgan fingerprint density at radius 2 is 1.62 bits per heavy atom. The number of amides is 1. The number of carboxylic acids is 1. The third kappa shape index (κ3) is 4.59. The van der Waals surface area contributed by atoms with Crippen LogP contribution in [0.15, 0.2) is 54.6 Å². The fourth-order valence-corrected chi connectivity index (χ4v) is 3.47. The summed E-state index contributed by atoms with van der Waals surface area (Å²) < 4.78 is 0. The number of rotatable bonds is 5. The second-order valence-electron chi connectivity index (χ2n) is 6.46. The zero-order chi connectivity index (χ0) is 21.1. The Bertz CT molecular complexity index is 1090. The highest BCUT2D eigenvalue weighted by molar-refractivity contribution is 6.40. The van der Waals surface area contributed by atoms with Crippen LogP contribution < -0.4 is 5.32 Å². The van der Waals surface area contributed by atoms with Crippen LogP contribution in [0.2, 0.25) is 10.0 Å². The molecule has 29 heavy (non-hydrogen) atoms. The quantitative estimate of drug-likeness (QED) is 0.505. The number of hydrogen-bond donors (Lipinski definition) is 3. The first-order chi connectivity index (χ1) is 13.8. The van der Waals surface area contributed by atoms with Crippen molar-refractivity contribution < 1.29 is 19.8 Å². The van der Waals surface area contributed by atoms with Crippen molar-refractivity contribution in [3.8, 4) is 11.1 Å². The zero-order valence-electron chi connectivity index (χ0n) is 15.4. The molecule has 3 aromatic carbocycles. The summed E-state index contributed by atoms with van der Waals surface area (Å²) in [5, 5.41) is 21.2. The van der Waals surface area contributed by atoms with Crippen LogP contribution in [-0.4, -0.2) is 22.1 Å². The number of aliphatic hydroxyl groups is 1. The molecular formula is C22H17Cl2NO4. The van der Waals surface area contributed by atoms with E-state index < -0.39 is 11.9 Å². The average Bonchev–Trinajstić information content (AvgIpc) is 2.70. The van der Waals surface area contributed by atoms with Crippen molar-refractivity contribution in [2.75, 3.05) is 5.32 Å². The van der Waals surface area contributed by atoms with E-state index in [4.69, 9.17) is 28.3 Å². The Morgan fingerprint density at radius 3 is 2.24 bits per heavy atom. The first-order valence-corrected chi connectivity index (χ1v) is 9.40. The summed E-state index contributed by atoms with van der Waals surface area (Å²) in [7, 11) is 0. The van der Waals surface area contributed by atoms with E-state index in [1.54, 1.807) is 13.0 Å². The van der Waals surface area contributed by atoms with Crippen molar-refractivity contribution in [2.24, 2.45) is 0 Å². The lowest BCUT2D eigenvalue weighted by Gasteiger charge is -2.13.